The van der Waals surface area contributed by atoms with Gasteiger partial charge in [0.25, 0.3) is 9.84 Å². The van der Waals surface area contributed by atoms with Crippen molar-refractivity contribution in [2.45, 2.75) is 10.4 Å². The molecule has 1 aliphatic heterocycles. The molecule has 3 rings (SSSR count). The lowest BCUT2D eigenvalue weighted by atomic mass is 10.2. The van der Waals surface area contributed by atoms with Gasteiger partial charge in [-0.25, -0.2) is 13.4 Å². The monoisotopic (exact) mass is 405 g/mol. The van der Waals surface area contributed by atoms with Crippen molar-refractivity contribution in [1.82, 2.24) is 4.98 Å². The fourth-order valence-corrected chi connectivity index (χ4v) is 3.89. The van der Waals surface area contributed by atoms with Gasteiger partial charge in [0.2, 0.25) is 0 Å². The van der Waals surface area contributed by atoms with Gasteiger partial charge < -0.3 is 9.80 Å². The highest BCUT2D eigenvalue weighted by Crippen LogP contribution is 2.36. The maximum Gasteiger partial charge on any atom is 0.501 e. The molecule has 1 fully saturated rings. The molecule has 0 bridgehead atoms. The Morgan fingerprint density at radius 1 is 0.962 bits per heavy atom. The summed E-state index contributed by atoms with van der Waals surface area (Å²) in [5.41, 5.74) is -5.27. The molecule has 0 spiro atoms. The molecule has 26 heavy (non-hydrogen) atoms. The summed E-state index contributed by atoms with van der Waals surface area (Å²) in [6.45, 7) is 1.73. The second-order valence-corrected chi connectivity index (χ2v) is 8.07. The van der Waals surface area contributed by atoms with Crippen molar-refractivity contribution < 1.29 is 21.6 Å². The average Bonchev–Trinajstić information content (AvgIpc) is 2.62. The Hall–Kier alpha value is -2.00. The molecule has 2 heterocycles. The normalized spacial score (nSPS) is 16.0. The molecule has 140 valence electrons. The number of piperazine rings is 1. The maximum absolute atomic E-state index is 12.9. The number of halogens is 4. The predicted molar refractivity (Wildman–Crippen MR) is 93.4 cm³/mol. The first-order chi connectivity index (χ1) is 12.2. The summed E-state index contributed by atoms with van der Waals surface area (Å²) in [5, 5.41) is 0.513. The van der Waals surface area contributed by atoms with Crippen molar-refractivity contribution in [2.75, 3.05) is 36.0 Å². The second-order valence-electron chi connectivity index (χ2n) is 5.73. The summed E-state index contributed by atoms with van der Waals surface area (Å²) in [6, 6.07) is 8.68. The molecule has 5 nitrogen and oxygen atoms in total. The lowest BCUT2D eigenvalue weighted by molar-refractivity contribution is -0.0435. The average molecular weight is 406 g/mol. The van der Waals surface area contributed by atoms with Crippen LogP contribution < -0.4 is 9.80 Å². The van der Waals surface area contributed by atoms with E-state index in [2.05, 4.69) is 4.98 Å². The molecule has 1 aromatic carbocycles. The first-order valence-electron chi connectivity index (χ1n) is 7.72. The van der Waals surface area contributed by atoms with E-state index in [1.807, 2.05) is 4.90 Å². The van der Waals surface area contributed by atoms with E-state index in [0.717, 1.165) is 6.07 Å². The van der Waals surface area contributed by atoms with E-state index < -0.39 is 20.2 Å². The van der Waals surface area contributed by atoms with Crippen LogP contribution in [0.2, 0.25) is 5.02 Å². The van der Waals surface area contributed by atoms with Gasteiger partial charge >= 0.3 is 5.51 Å². The molecule has 0 N–H and O–H groups in total. The highest BCUT2D eigenvalue weighted by atomic mass is 35.5. The van der Waals surface area contributed by atoms with Gasteiger partial charge in [-0.15, -0.1) is 0 Å². The molecule has 0 radical (unpaired) electrons. The minimum absolute atomic E-state index is 0.0635. The highest BCUT2D eigenvalue weighted by molar-refractivity contribution is 7.92. The highest BCUT2D eigenvalue weighted by Gasteiger charge is 2.48. The van der Waals surface area contributed by atoms with Gasteiger partial charge in [0.15, 0.2) is 0 Å². The van der Waals surface area contributed by atoms with Gasteiger partial charge in [0, 0.05) is 32.4 Å². The zero-order chi connectivity index (χ0) is 18.9. The predicted octanol–water partition coefficient (Wildman–Crippen LogP) is 3.36. The number of pyridine rings is 1. The van der Waals surface area contributed by atoms with E-state index >= 15 is 0 Å². The van der Waals surface area contributed by atoms with Crippen LogP contribution in [-0.4, -0.2) is 45.1 Å². The maximum atomic E-state index is 12.9. The largest absolute Gasteiger partial charge is 0.501 e. The standard InChI is InChI=1S/C16H15ClF3N3O2S/c17-12-5-6-15(21-11-12)23-9-7-22(8-10-23)13-3-1-2-4-14(13)26(24,25)16(18,19)20/h1-6,11H,7-10H2. The van der Waals surface area contributed by atoms with Crippen LogP contribution >= 0.6 is 11.6 Å². The van der Waals surface area contributed by atoms with E-state index in [1.165, 1.54) is 24.4 Å². The van der Waals surface area contributed by atoms with Crippen LogP contribution in [0.1, 0.15) is 0 Å². The summed E-state index contributed by atoms with van der Waals surface area (Å²) in [7, 11) is -5.41. The van der Waals surface area contributed by atoms with Crippen LogP contribution in [-0.2, 0) is 9.84 Å². The second kappa shape index (κ2) is 6.96. The van der Waals surface area contributed by atoms with Crippen molar-refractivity contribution >= 4 is 32.9 Å². The van der Waals surface area contributed by atoms with Gasteiger partial charge in [-0.05, 0) is 24.3 Å². The van der Waals surface area contributed by atoms with Crippen molar-refractivity contribution in [2.24, 2.45) is 0 Å². The van der Waals surface area contributed by atoms with Gasteiger partial charge in [0.1, 0.15) is 5.82 Å². The number of para-hydroxylation sites is 1. The third-order valence-corrected chi connectivity index (χ3v) is 5.87. The Morgan fingerprint density at radius 2 is 1.58 bits per heavy atom. The lowest BCUT2D eigenvalue weighted by Crippen LogP contribution is -2.47. The van der Waals surface area contributed by atoms with Crippen LogP contribution in [0.3, 0.4) is 0 Å². The van der Waals surface area contributed by atoms with Crippen LogP contribution in [0.4, 0.5) is 24.7 Å². The van der Waals surface area contributed by atoms with Gasteiger partial charge in [0.05, 0.1) is 15.6 Å². The molecule has 0 saturated carbocycles. The van der Waals surface area contributed by atoms with E-state index in [-0.39, 0.29) is 5.69 Å². The molecule has 1 aliphatic rings. The summed E-state index contributed by atoms with van der Waals surface area (Å²) < 4.78 is 62.5. The number of benzene rings is 1. The number of anilines is 2. The fourth-order valence-electron chi connectivity index (χ4n) is 2.80. The molecular formula is C16H15ClF3N3O2S. The Labute approximate surface area is 153 Å². The molecular weight excluding hydrogens is 391 g/mol. The van der Waals surface area contributed by atoms with Crippen LogP contribution in [0.25, 0.3) is 0 Å². The smallest absolute Gasteiger partial charge is 0.367 e. The quantitative estimate of drug-likeness (QED) is 0.783. The van der Waals surface area contributed by atoms with Crippen molar-refractivity contribution in [3.63, 3.8) is 0 Å². The number of hydrogen-bond donors (Lipinski definition) is 0. The molecule has 0 amide bonds. The zero-order valence-electron chi connectivity index (χ0n) is 13.4. The first kappa shape index (κ1) is 18.8. The molecule has 0 atom stereocenters. The summed E-state index contributed by atoms with van der Waals surface area (Å²) >= 11 is 5.81. The number of aromatic nitrogens is 1. The third-order valence-electron chi connectivity index (χ3n) is 4.12. The van der Waals surface area contributed by atoms with E-state index in [9.17, 15) is 21.6 Å². The Morgan fingerprint density at radius 3 is 2.15 bits per heavy atom. The SMILES string of the molecule is O=S(=O)(c1ccccc1N1CCN(c2ccc(Cl)cn2)CC1)C(F)(F)F. The number of sulfone groups is 1. The molecule has 1 aromatic heterocycles. The van der Waals surface area contributed by atoms with Gasteiger partial charge in [-0.2, -0.15) is 13.2 Å². The summed E-state index contributed by atoms with van der Waals surface area (Å²) in [4.78, 5) is 7.11. The van der Waals surface area contributed by atoms with Crippen LogP contribution in [0.5, 0.6) is 0 Å². The lowest BCUT2D eigenvalue weighted by Gasteiger charge is -2.37. The van der Waals surface area contributed by atoms with E-state index in [1.54, 1.807) is 17.0 Å². The van der Waals surface area contributed by atoms with Crippen LogP contribution in [0.15, 0.2) is 47.5 Å². The van der Waals surface area contributed by atoms with Gasteiger partial charge in [-0.3, -0.25) is 0 Å². The van der Waals surface area contributed by atoms with E-state index in [4.69, 9.17) is 11.6 Å². The van der Waals surface area contributed by atoms with Gasteiger partial charge in [-0.1, -0.05) is 23.7 Å². The molecule has 10 heteroatoms. The minimum Gasteiger partial charge on any atom is -0.367 e. The van der Waals surface area contributed by atoms with E-state index in [0.29, 0.717) is 37.0 Å². The van der Waals surface area contributed by atoms with Crippen molar-refractivity contribution in [3.05, 3.63) is 47.6 Å². The molecule has 1 saturated heterocycles. The topological polar surface area (TPSA) is 53.5 Å². The Kier molecular flexibility index (Phi) is 5.03. The third kappa shape index (κ3) is 3.59. The molecule has 2 aromatic rings. The number of nitrogens with zero attached hydrogens (tertiary/aromatic N) is 3. The number of hydrogen-bond acceptors (Lipinski definition) is 5. The number of rotatable bonds is 3. The Bertz CT molecular complexity index is 880. The van der Waals surface area contributed by atoms with Crippen molar-refractivity contribution in [3.8, 4) is 0 Å². The summed E-state index contributed by atoms with van der Waals surface area (Å²) in [5.74, 6) is 0.713. The van der Waals surface area contributed by atoms with Crippen molar-refractivity contribution in [1.29, 1.82) is 0 Å². The first-order valence-corrected chi connectivity index (χ1v) is 9.58. The molecule has 0 aliphatic carbocycles. The fraction of sp³-hybridized carbons (Fsp3) is 0.312. The molecule has 0 unspecified atom stereocenters. The van der Waals surface area contributed by atoms with Crippen LogP contribution in [0, 0.1) is 0 Å². The zero-order valence-corrected chi connectivity index (χ0v) is 15.0. The summed E-state index contributed by atoms with van der Waals surface area (Å²) in [6.07, 6.45) is 1.52. The minimum atomic E-state index is -5.41. The Balaban J connectivity index is 1.81. The number of alkyl halides is 3.